The molecule has 4 nitrogen and oxygen atoms in total. The lowest BCUT2D eigenvalue weighted by Crippen LogP contribution is -2.29. The molecular formula is C18H12N2O2. The number of hydrogen-bond donors (Lipinski definition) is 0. The lowest BCUT2D eigenvalue weighted by molar-refractivity contribution is 0.0672. The van der Waals surface area contributed by atoms with E-state index in [4.69, 9.17) is 0 Å². The van der Waals surface area contributed by atoms with Gasteiger partial charge < -0.3 is 0 Å². The van der Waals surface area contributed by atoms with Crippen LogP contribution in [0.1, 0.15) is 26.3 Å². The number of amides is 2. The summed E-state index contributed by atoms with van der Waals surface area (Å²) in [6.45, 7) is 0.0874. The molecule has 0 aliphatic carbocycles. The van der Waals surface area contributed by atoms with E-state index < -0.39 is 0 Å². The van der Waals surface area contributed by atoms with Crippen LogP contribution in [0.4, 0.5) is 0 Å². The first-order valence-corrected chi connectivity index (χ1v) is 6.83. The summed E-state index contributed by atoms with van der Waals surface area (Å²) < 4.78 is 0. The molecule has 0 atom stereocenters. The second-order valence-electron chi connectivity index (χ2n) is 4.86. The van der Waals surface area contributed by atoms with E-state index in [2.05, 4.69) is 6.07 Å². The van der Waals surface area contributed by atoms with Gasteiger partial charge in [0.1, 0.15) is 0 Å². The molecule has 0 aromatic heterocycles. The number of nitrogens with zero attached hydrogens (tertiary/aromatic N) is 2. The van der Waals surface area contributed by atoms with Crippen molar-refractivity contribution in [1.82, 2.24) is 4.90 Å². The number of allylic oxidation sites excluding steroid dienone is 1. The largest absolute Gasteiger partial charge is 0.270 e. The molecule has 106 valence electrons. The third-order valence-electron chi connectivity index (χ3n) is 3.56. The van der Waals surface area contributed by atoms with Crippen molar-refractivity contribution < 1.29 is 9.59 Å². The molecule has 2 aromatic rings. The molecule has 0 spiro atoms. The SMILES string of the molecule is N#C/C(=C/CN1C(=O)c2ccccc2C1=O)c1ccccc1. The van der Waals surface area contributed by atoms with Crippen LogP contribution in [0.25, 0.3) is 5.57 Å². The highest BCUT2D eigenvalue weighted by molar-refractivity contribution is 6.21. The molecule has 0 radical (unpaired) electrons. The Bertz CT molecular complexity index is 781. The van der Waals surface area contributed by atoms with E-state index in [0.717, 1.165) is 10.5 Å². The topological polar surface area (TPSA) is 61.2 Å². The van der Waals surface area contributed by atoms with E-state index in [1.165, 1.54) is 0 Å². The minimum absolute atomic E-state index is 0.0874. The molecule has 2 aromatic carbocycles. The van der Waals surface area contributed by atoms with Crippen LogP contribution >= 0.6 is 0 Å². The van der Waals surface area contributed by atoms with Gasteiger partial charge in [0.2, 0.25) is 0 Å². The maximum Gasteiger partial charge on any atom is 0.261 e. The van der Waals surface area contributed by atoms with Crippen molar-refractivity contribution in [3.63, 3.8) is 0 Å². The van der Waals surface area contributed by atoms with Crippen molar-refractivity contribution in [2.24, 2.45) is 0 Å². The Balaban J connectivity index is 1.86. The average molecular weight is 288 g/mol. The van der Waals surface area contributed by atoms with E-state index in [1.54, 1.807) is 30.3 Å². The molecule has 0 unspecified atom stereocenters. The minimum atomic E-state index is -0.317. The van der Waals surface area contributed by atoms with Gasteiger partial charge in [-0.15, -0.1) is 0 Å². The summed E-state index contributed by atoms with van der Waals surface area (Å²) in [5, 5.41) is 9.25. The number of carbonyl (C=O) groups excluding carboxylic acids is 2. The van der Waals surface area contributed by atoms with Crippen LogP contribution in [0, 0.1) is 11.3 Å². The maximum atomic E-state index is 12.2. The fourth-order valence-corrected chi connectivity index (χ4v) is 2.43. The molecule has 4 heteroatoms. The highest BCUT2D eigenvalue weighted by Gasteiger charge is 2.34. The zero-order chi connectivity index (χ0) is 15.5. The van der Waals surface area contributed by atoms with Gasteiger partial charge in [-0.1, -0.05) is 42.5 Å². The summed E-state index contributed by atoms with van der Waals surface area (Å²) in [7, 11) is 0. The van der Waals surface area contributed by atoms with Gasteiger partial charge in [0.15, 0.2) is 0 Å². The Morgan fingerprint density at radius 3 is 2.05 bits per heavy atom. The Hall–Kier alpha value is -3.19. The second kappa shape index (κ2) is 5.66. The molecule has 2 amide bonds. The Labute approximate surface area is 127 Å². The predicted molar refractivity (Wildman–Crippen MR) is 81.8 cm³/mol. The molecule has 3 rings (SSSR count). The van der Waals surface area contributed by atoms with Crippen LogP contribution in [0.5, 0.6) is 0 Å². The van der Waals surface area contributed by atoms with Crippen LogP contribution in [0.3, 0.4) is 0 Å². The molecule has 1 heterocycles. The monoisotopic (exact) mass is 288 g/mol. The number of nitriles is 1. The maximum absolute atomic E-state index is 12.2. The normalized spacial score (nSPS) is 14.0. The first-order valence-electron chi connectivity index (χ1n) is 6.83. The summed E-state index contributed by atoms with van der Waals surface area (Å²) in [6.07, 6.45) is 1.61. The van der Waals surface area contributed by atoms with Crippen molar-refractivity contribution in [1.29, 1.82) is 5.26 Å². The first kappa shape index (κ1) is 13.8. The number of imide groups is 1. The Morgan fingerprint density at radius 1 is 0.955 bits per heavy atom. The predicted octanol–water partition coefficient (Wildman–Crippen LogP) is 2.89. The summed E-state index contributed by atoms with van der Waals surface area (Å²) in [4.78, 5) is 25.6. The molecule has 0 fully saturated rings. The zero-order valence-electron chi connectivity index (χ0n) is 11.7. The van der Waals surface area contributed by atoms with Crippen molar-refractivity contribution in [2.75, 3.05) is 6.54 Å². The van der Waals surface area contributed by atoms with E-state index in [1.807, 2.05) is 30.3 Å². The molecule has 22 heavy (non-hydrogen) atoms. The van der Waals surface area contributed by atoms with Crippen LogP contribution in [0.15, 0.2) is 60.7 Å². The molecule has 1 aliphatic rings. The van der Waals surface area contributed by atoms with Crippen LogP contribution in [0.2, 0.25) is 0 Å². The van der Waals surface area contributed by atoms with Gasteiger partial charge in [-0.05, 0) is 23.8 Å². The van der Waals surface area contributed by atoms with Gasteiger partial charge in [-0.25, -0.2) is 0 Å². The number of fused-ring (bicyclic) bond motifs is 1. The molecule has 1 aliphatic heterocycles. The summed E-state index contributed by atoms with van der Waals surface area (Å²) in [5.41, 5.74) is 2.04. The van der Waals surface area contributed by atoms with Crippen LogP contribution < -0.4 is 0 Å². The smallest absolute Gasteiger partial charge is 0.261 e. The number of carbonyl (C=O) groups is 2. The Morgan fingerprint density at radius 2 is 1.50 bits per heavy atom. The fourth-order valence-electron chi connectivity index (χ4n) is 2.43. The first-order chi connectivity index (χ1) is 10.7. The van der Waals surface area contributed by atoms with Crippen molar-refractivity contribution in [3.05, 3.63) is 77.4 Å². The average Bonchev–Trinajstić information content (AvgIpc) is 2.81. The number of hydrogen-bond acceptors (Lipinski definition) is 3. The van der Waals surface area contributed by atoms with Crippen molar-refractivity contribution in [3.8, 4) is 6.07 Å². The highest BCUT2D eigenvalue weighted by Crippen LogP contribution is 2.23. The van der Waals surface area contributed by atoms with Gasteiger partial charge >= 0.3 is 0 Å². The summed E-state index contributed by atoms with van der Waals surface area (Å²) >= 11 is 0. The molecule has 0 bridgehead atoms. The lowest BCUT2D eigenvalue weighted by atomic mass is 10.1. The van der Waals surface area contributed by atoms with Gasteiger partial charge in [0, 0.05) is 6.54 Å². The van der Waals surface area contributed by atoms with Crippen molar-refractivity contribution in [2.45, 2.75) is 0 Å². The fraction of sp³-hybridized carbons (Fsp3) is 0.0556. The molecule has 0 saturated carbocycles. The van der Waals surface area contributed by atoms with Crippen LogP contribution in [-0.2, 0) is 0 Å². The summed E-state index contributed by atoms with van der Waals surface area (Å²) in [5.74, 6) is -0.635. The number of benzene rings is 2. The Kier molecular flexibility index (Phi) is 3.55. The standard InChI is InChI=1S/C18H12N2O2/c19-12-14(13-6-2-1-3-7-13)10-11-20-17(21)15-8-4-5-9-16(15)18(20)22/h1-10H,11H2/b14-10-. The molecule has 0 saturated heterocycles. The zero-order valence-corrected chi connectivity index (χ0v) is 11.7. The van der Waals surface area contributed by atoms with Crippen LogP contribution in [-0.4, -0.2) is 23.3 Å². The molecular weight excluding hydrogens is 276 g/mol. The van der Waals surface area contributed by atoms with Gasteiger partial charge in [-0.2, -0.15) is 5.26 Å². The third kappa shape index (κ3) is 2.29. The van der Waals surface area contributed by atoms with Gasteiger partial charge in [-0.3, -0.25) is 14.5 Å². The van der Waals surface area contributed by atoms with Gasteiger partial charge in [0.05, 0.1) is 22.8 Å². The number of rotatable bonds is 3. The summed E-state index contributed by atoms with van der Waals surface area (Å²) in [6, 6.07) is 18.0. The quantitative estimate of drug-likeness (QED) is 0.644. The van der Waals surface area contributed by atoms with E-state index in [9.17, 15) is 14.9 Å². The van der Waals surface area contributed by atoms with E-state index in [0.29, 0.717) is 16.7 Å². The minimum Gasteiger partial charge on any atom is -0.270 e. The lowest BCUT2D eigenvalue weighted by Gasteiger charge is -2.11. The van der Waals surface area contributed by atoms with Gasteiger partial charge in [0.25, 0.3) is 11.8 Å². The van der Waals surface area contributed by atoms with E-state index >= 15 is 0 Å². The third-order valence-corrected chi connectivity index (χ3v) is 3.56. The van der Waals surface area contributed by atoms with E-state index in [-0.39, 0.29) is 18.4 Å². The van der Waals surface area contributed by atoms with Crippen molar-refractivity contribution >= 4 is 17.4 Å². The highest BCUT2D eigenvalue weighted by atomic mass is 16.2. The molecule has 0 N–H and O–H groups in total. The second-order valence-corrected chi connectivity index (χ2v) is 4.86.